The van der Waals surface area contributed by atoms with Crippen molar-refractivity contribution in [3.8, 4) is 0 Å². The topological polar surface area (TPSA) is 55.2 Å². The second-order valence-electron chi connectivity index (χ2n) is 3.92. The van der Waals surface area contributed by atoms with E-state index in [1.807, 2.05) is 0 Å². The molecule has 1 aromatic heterocycles. The van der Waals surface area contributed by atoms with E-state index in [0.717, 1.165) is 12.8 Å². The smallest absolute Gasteiger partial charge is 0.246 e. The fourth-order valence-corrected chi connectivity index (χ4v) is 4.49. The summed E-state index contributed by atoms with van der Waals surface area (Å²) in [7, 11) is -1.65. The number of rotatable bonds is 3. The molecule has 1 atom stereocenters. The Bertz CT molecular complexity index is 471. The molecule has 1 saturated heterocycles. The number of sulfonamides is 1. The highest BCUT2D eigenvalue weighted by Crippen LogP contribution is 2.26. The summed E-state index contributed by atoms with van der Waals surface area (Å²) in [6.07, 6.45) is 4.79. The second kappa shape index (κ2) is 4.46. The molecular formula is C9H14BrN3O2S. The van der Waals surface area contributed by atoms with Gasteiger partial charge in [-0.2, -0.15) is 9.40 Å². The molecule has 0 spiro atoms. The molecule has 1 unspecified atom stereocenters. The average Bonchev–Trinajstić information content (AvgIpc) is 2.85. The molecule has 0 aliphatic carbocycles. The third kappa shape index (κ3) is 2.03. The first kappa shape index (κ1) is 12.1. The third-order valence-electron chi connectivity index (χ3n) is 2.79. The van der Waals surface area contributed by atoms with Gasteiger partial charge in [-0.05, 0) is 12.8 Å². The Kier molecular flexibility index (Phi) is 3.37. The van der Waals surface area contributed by atoms with Crippen LogP contribution in [0.1, 0.15) is 12.8 Å². The molecule has 90 valence electrons. The summed E-state index contributed by atoms with van der Waals surface area (Å²) < 4.78 is 27.6. The molecule has 1 fully saturated rings. The van der Waals surface area contributed by atoms with Gasteiger partial charge < -0.3 is 0 Å². The minimum absolute atomic E-state index is 0.0743. The van der Waals surface area contributed by atoms with Crippen molar-refractivity contribution in [1.29, 1.82) is 0 Å². The standard InChI is InChI=1S/C9H14BrN3O2S/c1-12-7-9(6-11-12)16(14,15)13-4-2-3-8(13)5-10/h6-8H,2-5H2,1H3. The molecule has 1 aromatic rings. The lowest BCUT2D eigenvalue weighted by Crippen LogP contribution is -2.36. The lowest BCUT2D eigenvalue weighted by atomic mass is 10.3. The van der Waals surface area contributed by atoms with Crippen molar-refractivity contribution >= 4 is 26.0 Å². The van der Waals surface area contributed by atoms with Crippen molar-refractivity contribution in [2.75, 3.05) is 11.9 Å². The zero-order valence-corrected chi connectivity index (χ0v) is 11.4. The summed E-state index contributed by atoms with van der Waals surface area (Å²) in [5.41, 5.74) is 0. The minimum atomic E-state index is -3.36. The zero-order valence-electron chi connectivity index (χ0n) is 9.00. The molecule has 0 N–H and O–H groups in total. The summed E-state index contributed by atoms with van der Waals surface area (Å²) in [5, 5.41) is 4.59. The Morgan fingerprint density at radius 2 is 2.38 bits per heavy atom. The van der Waals surface area contributed by atoms with E-state index >= 15 is 0 Å². The molecule has 7 heteroatoms. The molecule has 0 amide bonds. The lowest BCUT2D eigenvalue weighted by molar-refractivity contribution is 0.413. The SMILES string of the molecule is Cn1cc(S(=O)(=O)N2CCCC2CBr)cn1. The number of halogens is 1. The molecular weight excluding hydrogens is 294 g/mol. The molecule has 0 radical (unpaired) electrons. The number of hydrogen-bond acceptors (Lipinski definition) is 3. The van der Waals surface area contributed by atoms with Crippen LogP contribution in [0.25, 0.3) is 0 Å². The van der Waals surface area contributed by atoms with E-state index < -0.39 is 10.0 Å². The van der Waals surface area contributed by atoms with E-state index in [-0.39, 0.29) is 10.9 Å². The average molecular weight is 308 g/mol. The first-order chi connectivity index (χ1) is 7.55. The number of nitrogens with zero attached hydrogens (tertiary/aromatic N) is 3. The highest BCUT2D eigenvalue weighted by molar-refractivity contribution is 9.09. The summed E-state index contributed by atoms with van der Waals surface area (Å²) >= 11 is 3.36. The Hall–Kier alpha value is -0.400. The normalized spacial score (nSPS) is 22.8. The molecule has 5 nitrogen and oxygen atoms in total. The summed E-state index contributed by atoms with van der Waals surface area (Å²) in [5.74, 6) is 0. The van der Waals surface area contributed by atoms with E-state index in [1.165, 1.54) is 10.9 Å². The first-order valence-corrected chi connectivity index (χ1v) is 7.68. The Morgan fingerprint density at radius 3 is 2.94 bits per heavy atom. The van der Waals surface area contributed by atoms with Crippen molar-refractivity contribution in [3.05, 3.63) is 12.4 Å². The monoisotopic (exact) mass is 307 g/mol. The van der Waals surface area contributed by atoms with Gasteiger partial charge in [-0.1, -0.05) is 15.9 Å². The van der Waals surface area contributed by atoms with Crippen LogP contribution in [-0.4, -0.2) is 40.4 Å². The molecule has 0 aromatic carbocycles. The van der Waals surface area contributed by atoms with Gasteiger partial charge in [0.25, 0.3) is 0 Å². The fraction of sp³-hybridized carbons (Fsp3) is 0.667. The minimum Gasteiger partial charge on any atom is -0.274 e. The van der Waals surface area contributed by atoms with Gasteiger partial charge in [-0.25, -0.2) is 8.42 Å². The van der Waals surface area contributed by atoms with Gasteiger partial charge in [0.05, 0.1) is 6.20 Å². The maximum absolute atomic E-state index is 12.3. The van der Waals surface area contributed by atoms with Crippen molar-refractivity contribution in [3.63, 3.8) is 0 Å². The van der Waals surface area contributed by atoms with E-state index in [4.69, 9.17) is 0 Å². The van der Waals surface area contributed by atoms with E-state index in [1.54, 1.807) is 17.5 Å². The highest BCUT2D eigenvalue weighted by Gasteiger charge is 2.35. The second-order valence-corrected chi connectivity index (χ2v) is 6.45. The van der Waals surface area contributed by atoms with Crippen LogP contribution >= 0.6 is 15.9 Å². The predicted molar refractivity (Wildman–Crippen MR) is 63.9 cm³/mol. The predicted octanol–water partition coefficient (Wildman–Crippen LogP) is 0.968. The van der Waals surface area contributed by atoms with Crippen molar-refractivity contribution < 1.29 is 8.42 Å². The van der Waals surface area contributed by atoms with E-state index in [9.17, 15) is 8.42 Å². The van der Waals surface area contributed by atoms with Crippen LogP contribution in [0.5, 0.6) is 0 Å². The van der Waals surface area contributed by atoms with Gasteiger partial charge in [0.15, 0.2) is 0 Å². The summed E-state index contributed by atoms with van der Waals surface area (Å²) in [6, 6.07) is 0.0743. The van der Waals surface area contributed by atoms with Crippen molar-refractivity contribution in [1.82, 2.24) is 14.1 Å². The number of alkyl halides is 1. The van der Waals surface area contributed by atoms with Gasteiger partial charge in [0.2, 0.25) is 10.0 Å². The van der Waals surface area contributed by atoms with Gasteiger partial charge in [-0.15, -0.1) is 0 Å². The molecule has 0 saturated carbocycles. The van der Waals surface area contributed by atoms with Crippen LogP contribution in [0, 0.1) is 0 Å². The summed E-state index contributed by atoms with van der Waals surface area (Å²) in [4.78, 5) is 0.280. The molecule has 1 aliphatic rings. The number of aromatic nitrogens is 2. The summed E-state index contributed by atoms with van der Waals surface area (Å²) in [6.45, 7) is 0.605. The van der Waals surface area contributed by atoms with Crippen LogP contribution in [0.15, 0.2) is 17.3 Å². The zero-order chi connectivity index (χ0) is 11.8. The maximum Gasteiger partial charge on any atom is 0.246 e. The molecule has 16 heavy (non-hydrogen) atoms. The van der Waals surface area contributed by atoms with Crippen LogP contribution in [0.2, 0.25) is 0 Å². The van der Waals surface area contributed by atoms with Gasteiger partial charge >= 0.3 is 0 Å². The largest absolute Gasteiger partial charge is 0.274 e. The van der Waals surface area contributed by atoms with E-state index in [2.05, 4.69) is 21.0 Å². The Labute approximate surface area is 104 Å². The van der Waals surface area contributed by atoms with Gasteiger partial charge in [0, 0.05) is 31.2 Å². The highest BCUT2D eigenvalue weighted by atomic mass is 79.9. The maximum atomic E-state index is 12.3. The van der Waals surface area contributed by atoms with Crippen LogP contribution in [0.3, 0.4) is 0 Å². The van der Waals surface area contributed by atoms with Crippen LogP contribution in [-0.2, 0) is 17.1 Å². The number of aryl methyl sites for hydroxylation is 1. The quantitative estimate of drug-likeness (QED) is 0.782. The molecule has 1 aliphatic heterocycles. The first-order valence-electron chi connectivity index (χ1n) is 5.12. The third-order valence-corrected chi connectivity index (χ3v) is 5.44. The van der Waals surface area contributed by atoms with Crippen LogP contribution < -0.4 is 0 Å². The lowest BCUT2D eigenvalue weighted by Gasteiger charge is -2.21. The van der Waals surface area contributed by atoms with Crippen LogP contribution in [0.4, 0.5) is 0 Å². The van der Waals surface area contributed by atoms with E-state index in [0.29, 0.717) is 11.9 Å². The molecule has 0 bridgehead atoms. The molecule has 2 rings (SSSR count). The Balaban J connectivity index is 2.32. The van der Waals surface area contributed by atoms with Gasteiger partial charge in [-0.3, -0.25) is 4.68 Å². The van der Waals surface area contributed by atoms with Gasteiger partial charge in [0.1, 0.15) is 4.90 Å². The van der Waals surface area contributed by atoms with Crippen molar-refractivity contribution in [2.24, 2.45) is 7.05 Å². The fourth-order valence-electron chi connectivity index (χ4n) is 1.95. The van der Waals surface area contributed by atoms with Crippen molar-refractivity contribution in [2.45, 2.75) is 23.8 Å². The Morgan fingerprint density at radius 1 is 1.62 bits per heavy atom. The number of hydrogen-bond donors (Lipinski definition) is 0. The molecule has 2 heterocycles.